The summed E-state index contributed by atoms with van der Waals surface area (Å²) in [7, 11) is 0. The van der Waals surface area contributed by atoms with E-state index in [4.69, 9.17) is 0 Å². The number of nitrogens with zero attached hydrogens (tertiary/aromatic N) is 2. The first-order valence-electron chi connectivity index (χ1n) is 6.70. The van der Waals surface area contributed by atoms with Gasteiger partial charge in [0.2, 0.25) is 0 Å². The monoisotopic (exact) mass is 347 g/mol. The predicted molar refractivity (Wildman–Crippen MR) is 89.4 cm³/mol. The van der Waals surface area contributed by atoms with Crippen LogP contribution < -0.4 is 0 Å². The SMILES string of the molecule is Br.Cc1[nH]c(C)c2c1C=NN(CC(=O)c1ccccc1)C2. The Morgan fingerprint density at radius 1 is 1.24 bits per heavy atom. The number of carbonyl (C=O) groups is 1. The van der Waals surface area contributed by atoms with E-state index in [0.29, 0.717) is 13.1 Å². The largest absolute Gasteiger partial charge is 0.362 e. The number of nitrogens with one attached hydrogen (secondary N) is 1. The van der Waals surface area contributed by atoms with Crippen LogP contribution in [0.3, 0.4) is 0 Å². The zero-order valence-corrected chi connectivity index (χ0v) is 13.8. The summed E-state index contributed by atoms with van der Waals surface area (Å²) in [5.41, 5.74) is 5.41. The lowest BCUT2D eigenvalue weighted by Gasteiger charge is -2.22. The van der Waals surface area contributed by atoms with Gasteiger partial charge in [-0.15, -0.1) is 17.0 Å². The lowest BCUT2D eigenvalue weighted by molar-refractivity contribution is 0.0927. The second-order valence-electron chi connectivity index (χ2n) is 5.12. The van der Waals surface area contributed by atoms with Gasteiger partial charge in [-0.25, -0.2) is 0 Å². The summed E-state index contributed by atoms with van der Waals surface area (Å²) in [5.74, 6) is 0.0936. The zero-order chi connectivity index (χ0) is 14.1. The van der Waals surface area contributed by atoms with Crippen LogP contribution >= 0.6 is 17.0 Å². The number of rotatable bonds is 3. The number of hydrogen-bond donors (Lipinski definition) is 1. The molecule has 1 N–H and O–H groups in total. The average Bonchev–Trinajstić information content (AvgIpc) is 2.75. The number of aryl methyl sites for hydroxylation is 2. The number of hydrogen-bond acceptors (Lipinski definition) is 3. The number of hydrazone groups is 1. The number of Topliss-reactive ketones (excluding diaryl/α,β-unsaturated/α-hetero) is 1. The van der Waals surface area contributed by atoms with E-state index in [-0.39, 0.29) is 22.8 Å². The van der Waals surface area contributed by atoms with Crippen LogP contribution in [0.4, 0.5) is 0 Å². The molecular weight excluding hydrogens is 330 g/mol. The third-order valence-corrected chi connectivity index (χ3v) is 3.67. The molecule has 2 aromatic rings. The number of benzene rings is 1. The van der Waals surface area contributed by atoms with Crippen molar-refractivity contribution < 1.29 is 4.79 Å². The fourth-order valence-corrected chi connectivity index (χ4v) is 2.57. The van der Waals surface area contributed by atoms with Crippen LogP contribution in [0.15, 0.2) is 35.4 Å². The summed E-state index contributed by atoms with van der Waals surface area (Å²) in [6, 6.07) is 9.35. The lowest BCUT2D eigenvalue weighted by atomic mass is 10.1. The molecule has 0 atom stereocenters. The highest BCUT2D eigenvalue weighted by atomic mass is 79.9. The molecule has 0 bridgehead atoms. The van der Waals surface area contributed by atoms with Crippen molar-refractivity contribution in [1.29, 1.82) is 0 Å². The Morgan fingerprint density at radius 3 is 2.67 bits per heavy atom. The smallest absolute Gasteiger partial charge is 0.183 e. The molecular formula is C16H18BrN3O. The Hall–Kier alpha value is -1.88. The molecule has 0 amide bonds. The van der Waals surface area contributed by atoms with Crippen LogP contribution in [0.25, 0.3) is 0 Å². The standard InChI is InChI=1S/C16H17N3O.BrH/c1-11-14-8-17-19(9-15(14)12(2)18-11)10-16(20)13-6-4-3-5-7-13;/h3-8,18H,9-10H2,1-2H3;1H. The predicted octanol–water partition coefficient (Wildman–Crippen LogP) is 3.24. The molecule has 1 aromatic carbocycles. The van der Waals surface area contributed by atoms with Gasteiger partial charge < -0.3 is 4.98 Å². The maximum atomic E-state index is 12.2. The van der Waals surface area contributed by atoms with Crippen molar-refractivity contribution in [2.45, 2.75) is 20.4 Å². The van der Waals surface area contributed by atoms with Crippen molar-refractivity contribution >= 4 is 29.0 Å². The molecule has 0 spiro atoms. The molecule has 5 heteroatoms. The maximum absolute atomic E-state index is 12.2. The summed E-state index contributed by atoms with van der Waals surface area (Å²) in [4.78, 5) is 15.5. The van der Waals surface area contributed by atoms with Gasteiger partial charge in [-0.2, -0.15) is 5.10 Å². The van der Waals surface area contributed by atoms with Gasteiger partial charge in [-0.1, -0.05) is 30.3 Å². The first-order chi connectivity index (χ1) is 9.65. The van der Waals surface area contributed by atoms with E-state index >= 15 is 0 Å². The lowest BCUT2D eigenvalue weighted by Crippen LogP contribution is -2.27. The first kappa shape index (κ1) is 15.5. The Balaban J connectivity index is 0.00000161. The van der Waals surface area contributed by atoms with Crippen LogP contribution in [-0.4, -0.2) is 28.5 Å². The third-order valence-electron chi connectivity index (χ3n) is 3.67. The Labute approximate surface area is 134 Å². The van der Waals surface area contributed by atoms with Gasteiger partial charge in [0.25, 0.3) is 0 Å². The van der Waals surface area contributed by atoms with Crippen molar-refractivity contribution in [2.24, 2.45) is 5.10 Å². The van der Waals surface area contributed by atoms with E-state index in [1.54, 1.807) is 0 Å². The average molecular weight is 348 g/mol. The minimum atomic E-state index is 0. The van der Waals surface area contributed by atoms with Gasteiger partial charge >= 0.3 is 0 Å². The normalized spacial score (nSPS) is 12.8. The molecule has 0 saturated heterocycles. The van der Waals surface area contributed by atoms with E-state index < -0.39 is 0 Å². The van der Waals surface area contributed by atoms with E-state index in [0.717, 1.165) is 22.5 Å². The number of aromatic amines is 1. The van der Waals surface area contributed by atoms with Gasteiger partial charge in [0.15, 0.2) is 5.78 Å². The van der Waals surface area contributed by atoms with Crippen LogP contribution in [0.1, 0.15) is 32.9 Å². The zero-order valence-electron chi connectivity index (χ0n) is 12.1. The molecule has 1 aromatic heterocycles. The van der Waals surface area contributed by atoms with Gasteiger partial charge in [0, 0.05) is 28.1 Å². The number of halogens is 1. The third kappa shape index (κ3) is 3.08. The maximum Gasteiger partial charge on any atom is 0.183 e. The fraction of sp³-hybridized carbons (Fsp3) is 0.250. The van der Waals surface area contributed by atoms with Crippen molar-refractivity contribution in [3.8, 4) is 0 Å². The van der Waals surface area contributed by atoms with Crippen molar-refractivity contribution in [2.75, 3.05) is 6.54 Å². The summed E-state index contributed by atoms with van der Waals surface area (Å²) < 4.78 is 0. The van der Waals surface area contributed by atoms with Crippen LogP contribution in [-0.2, 0) is 6.54 Å². The Kier molecular flexibility index (Phi) is 4.63. The van der Waals surface area contributed by atoms with Crippen LogP contribution in [0.5, 0.6) is 0 Å². The second kappa shape index (κ2) is 6.26. The molecule has 1 aliphatic heterocycles. The summed E-state index contributed by atoms with van der Waals surface area (Å²) in [6.45, 7) is 5.09. The van der Waals surface area contributed by atoms with Crippen LogP contribution in [0.2, 0.25) is 0 Å². The van der Waals surface area contributed by atoms with E-state index in [2.05, 4.69) is 17.0 Å². The Morgan fingerprint density at radius 2 is 1.95 bits per heavy atom. The van der Waals surface area contributed by atoms with E-state index in [1.165, 1.54) is 5.56 Å². The van der Waals surface area contributed by atoms with Gasteiger partial charge in [0.1, 0.15) is 0 Å². The van der Waals surface area contributed by atoms with E-state index in [9.17, 15) is 4.79 Å². The molecule has 0 saturated carbocycles. The minimum absolute atomic E-state index is 0. The molecule has 0 unspecified atom stereocenters. The number of ketones is 1. The molecule has 2 heterocycles. The quantitative estimate of drug-likeness (QED) is 0.866. The molecule has 110 valence electrons. The van der Waals surface area contributed by atoms with Crippen molar-refractivity contribution in [3.63, 3.8) is 0 Å². The highest BCUT2D eigenvalue weighted by Gasteiger charge is 2.20. The van der Waals surface area contributed by atoms with Crippen LogP contribution in [0, 0.1) is 13.8 Å². The van der Waals surface area contributed by atoms with E-state index in [1.807, 2.05) is 48.5 Å². The van der Waals surface area contributed by atoms with Gasteiger partial charge in [-0.3, -0.25) is 9.80 Å². The first-order valence-corrected chi connectivity index (χ1v) is 6.70. The molecule has 21 heavy (non-hydrogen) atoms. The number of fused-ring (bicyclic) bond motifs is 1. The van der Waals surface area contributed by atoms with Gasteiger partial charge in [-0.05, 0) is 13.8 Å². The highest BCUT2D eigenvalue weighted by Crippen LogP contribution is 2.22. The number of H-pyrrole nitrogens is 1. The number of aromatic nitrogens is 1. The van der Waals surface area contributed by atoms with Crippen molar-refractivity contribution in [3.05, 3.63) is 58.4 Å². The fourth-order valence-electron chi connectivity index (χ4n) is 2.57. The highest BCUT2D eigenvalue weighted by molar-refractivity contribution is 8.93. The number of carbonyl (C=O) groups excluding carboxylic acids is 1. The van der Waals surface area contributed by atoms with Gasteiger partial charge in [0.05, 0.1) is 19.3 Å². The van der Waals surface area contributed by atoms with Crippen molar-refractivity contribution in [1.82, 2.24) is 9.99 Å². The molecule has 4 nitrogen and oxygen atoms in total. The second-order valence-corrected chi connectivity index (χ2v) is 5.12. The molecule has 0 fully saturated rings. The minimum Gasteiger partial charge on any atom is -0.362 e. The molecule has 3 rings (SSSR count). The molecule has 1 aliphatic rings. The molecule has 0 aliphatic carbocycles. The summed E-state index contributed by atoms with van der Waals surface area (Å²) in [5, 5.41) is 6.20. The molecule has 0 radical (unpaired) electrons. The summed E-state index contributed by atoms with van der Waals surface area (Å²) in [6.07, 6.45) is 1.84. The topological polar surface area (TPSA) is 48.5 Å². The summed E-state index contributed by atoms with van der Waals surface area (Å²) >= 11 is 0. The Bertz CT molecular complexity index is 676.